The summed E-state index contributed by atoms with van der Waals surface area (Å²) in [5.41, 5.74) is 11.3. The van der Waals surface area contributed by atoms with E-state index in [-0.39, 0.29) is 23.3 Å². The van der Waals surface area contributed by atoms with E-state index in [0.717, 1.165) is 28.1 Å². The maximum absolute atomic E-state index is 13.1. The number of carbonyl (C=O) groups is 2. The molecule has 7 nitrogen and oxygen atoms in total. The first kappa shape index (κ1) is 23.2. The number of likely N-dealkylation sites (N-methyl/N-ethyl adjacent to an activating group) is 1. The van der Waals surface area contributed by atoms with E-state index >= 15 is 0 Å². The molecule has 1 aromatic carbocycles. The molecule has 1 aliphatic heterocycles. The summed E-state index contributed by atoms with van der Waals surface area (Å²) in [6, 6.07) is 5.10. The Labute approximate surface area is 188 Å². The largest absolute Gasteiger partial charge is 0.398 e. The smallest absolute Gasteiger partial charge is 0.243 e. The van der Waals surface area contributed by atoms with Crippen LogP contribution in [0.15, 0.2) is 23.7 Å². The van der Waals surface area contributed by atoms with Crippen LogP contribution < -0.4 is 16.4 Å². The molecule has 1 aliphatic rings. The quantitative estimate of drug-likeness (QED) is 0.596. The van der Waals surface area contributed by atoms with E-state index < -0.39 is 6.04 Å². The Morgan fingerprint density at radius 2 is 2.10 bits per heavy atom. The zero-order valence-electron chi connectivity index (χ0n) is 19.0. The molecule has 0 bridgehead atoms. The van der Waals surface area contributed by atoms with E-state index in [0.29, 0.717) is 25.2 Å². The molecule has 1 unspecified atom stereocenters. The van der Waals surface area contributed by atoms with Gasteiger partial charge in [-0.2, -0.15) is 0 Å². The molecule has 0 radical (unpaired) electrons. The summed E-state index contributed by atoms with van der Waals surface area (Å²) in [6.07, 6.45) is 1.51. The number of nitrogens with zero attached hydrogens (tertiary/aromatic N) is 2. The molecule has 31 heavy (non-hydrogen) atoms. The molecule has 0 aliphatic carbocycles. The molecule has 2 heterocycles. The first-order valence-corrected chi connectivity index (χ1v) is 11.6. The monoisotopic (exact) mass is 443 g/mol. The maximum atomic E-state index is 13.1. The predicted octanol–water partition coefficient (Wildman–Crippen LogP) is 2.94. The molecule has 1 saturated heterocycles. The Balaban J connectivity index is 1.66. The molecule has 1 fully saturated rings. The lowest BCUT2D eigenvalue weighted by molar-refractivity contribution is -0.142. The van der Waals surface area contributed by atoms with Crippen molar-refractivity contribution < 1.29 is 9.59 Å². The van der Waals surface area contributed by atoms with Crippen LogP contribution in [-0.2, 0) is 16.1 Å². The van der Waals surface area contributed by atoms with E-state index in [4.69, 9.17) is 5.73 Å². The maximum Gasteiger partial charge on any atom is 0.243 e. The van der Waals surface area contributed by atoms with Gasteiger partial charge in [-0.3, -0.25) is 9.59 Å². The second-order valence-electron chi connectivity index (χ2n) is 9.18. The summed E-state index contributed by atoms with van der Waals surface area (Å²) >= 11 is 1.58. The highest BCUT2D eigenvalue weighted by atomic mass is 32.1. The molecule has 0 saturated carbocycles. The molecule has 1 aromatic heterocycles. The summed E-state index contributed by atoms with van der Waals surface area (Å²) in [5.74, 6) is -0.146. The Morgan fingerprint density at radius 1 is 1.35 bits per heavy atom. The van der Waals surface area contributed by atoms with Gasteiger partial charge in [0.15, 0.2) is 0 Å². The first-order chi connectivity index (χ1) is 14.6. The Kier molecular flexibility index (Phi) is 7.01. The van der Waals surface area contributed by atoms with E-state index in [9.17, 15) is 9.59 Å². The van der Waals surface area contributed by atoms with Crippen LogP contribution in [0.5, 0.6) is 0 Å². The number of hydrogen-bond donors (Lipinski definition) is 3. The number of carbonyl (C=O) groups excluding carboxylic acids is 2. The number of nitrogens with one attached hydrogen (secondary N) is 2. The van der Waals surface area contributed by atoms with Crippen molar-refractivity contribution in [1.29, 1.82) is 0 Å². The Hall–Kier alpha value is -2.45. The fourth-order valence-corrected chi connectivity index (χ4v) is 4.97. The van der Waals surface area contributed by atoms with Crippen molar-refractivity contribution in [2.24, 2.45) is 5.41 Å². The third kappa shape index (κ3) is 5.07. The van der Waals surface area contributed by atoms with Gasteiger partial charge in [0.05, 0.1) is 22.1 Å². The third-order valence-electron chi connectivity index (χ3n) is 5.85. The van der Waals surface area contributed by atoms with Crippen molar-refractivity contribution >= 4 is 28.8 Å². The van der Waals surface area contributed by atoms with Gasteiger partial charge in [0.25, 0.3) is 0 Å². The van der Waals surface area contributed by atoms with Gasteiger partial charge in [0.1, 0.15) is 6.04 Å². The summed E-state index contributed by atoms with van der Waals surface area (Å²) in [4.78, 5) is 33.1. The lowest BCUT2D eigenvalue weighted by Crippen LogP contribution is -2.55. The van der Waals surface area contributed by atoms with E-state index in [1.165, 1.54) is 0 Å². The summed E-state index contributed by atoms with van der Waals surface area (Å²) in [6.45, 7) is 8.99. The van der Waals surface area contributed by atoms with Crippen molar-refractivity contribution in [2.75, 3.05) is 19.3 Å². The molecule has 8 heteroatoms. The second kappa shape index (κ2) is 9.36. The standard InChI is InChI=1S/C23H33N5O2S/c1-14-19(31-13-27-14)15-8-9-16(17(24)11-15)12-26-21(29)18-7-6-10-28(18)22(30)20(25-5)23(2,3)4/h8-9,11,13,18,20,25H,6-7,10,12,24H2,1-5H3,(H,26,29)/t18?,20-/m1/s1. The SMILES string of the molecule is CN[C@H](C(=O)N1CCCC1C(=O)NCc1ccc(-c2scnc2C)cc1N)C(C)(C)C. The van der Waals surface area contributed by atoms with Crippen molar-refractivity contribution in [3.8, 4) is 10.4 Å². The number of hydrogen-bond acceptors (Lipinski definition) is 6. The topological polar surface area (TPSA) is 100 Å². The number of nitrogens with two attached hydrogens (primary N) is 1. The lowest BCUT2D eigenvalue weighted by atomic mass is 9.86. The number of amides is 2. The number of nitrogen functional groups attached to an aromatic ring is 1. The van der Waals surface area contributed by atoms with E-state index in [2.05, 4.69) is 15.6 Å². The van der Waals surface area contributed by atoms with Gasteiger partial charge >= 0.3 is 0 Å². The summed E-state index contributed by atoms with van der Waals surface area (Å²) < 4.78 is 0. The normalized spacial score (nSPS) is 17.6. The van der Waals surface area contributed by atoms with Gasteiger partial charge in [-0.25, -0.2) is 4.98 Å². The van der Waals surface area contributed by atoms with Crippen molar-refractivity contribution in [1.82, 2.24) is 20.5 Å². The van der Waals surface area contributed by atoms with E-state index in [1.54, 1.807) is 23.3 Å². The highest BCUT2D eigenvalue weighted by Crippen LogP contribution is 2.30. The average molecular weight is 444 g/mol. The van der Waals surface area contributed by atoms with Crippen LogP contribution in [0.1, 0.15) is 44.9 Å². The van der Waals surface area contributed by atoms with Crippen molar-refractivity contribution in [3.05, 3.63) is 35.0 Å². The van der Waals surface area contributed by atoms with Crippen LogP contribution in [0.2, 0.25) is 0 Å². The first-order valence-electron chi connectivity index (χ1n) is 10.7. The molecular weight excluding hydrogens is 410 g/mol. The van der Waals surface area contributed by atoms with Crippen molar-refractivity contribution in [3.63, 3.8) is 0 Å². The van der Waals surface area contributed by atoms with Crippen LogP contribution in [0.25, 0.3) is 10.4 Å². The molecule has 0 spiro atoms. The van der Waals surface area contributed by atoms with E-state index in [1.807, 2.05) is 51.4 Å². The van der Waals surface area contributed by atoms with Gasteiger partial charge in [-0.1, -0.05) is 32.9 Å². The number of benzene rings is 1. The van der Waals surface area contributed by atoms with Crippen LogP contribution in [-0.4, -0.2) is 47.4 Å². The number of likely N-dealkylation sites (tertiary alicyclic amines) is 1. The Morgan fingerprint density at radius 3 is 2.68 bits per heavy atom. The van der Waals surface area contributed by atoms with Gasteiger partial charge in [0, 0.05) is 18.8 Å². The minimum absolute atomic E-state index is 0.0172. The third-order valence-corrected chi connectivity index (χ3v) is 6.82. The number of rotatable bonds is 6. The van der Waals surface area contributed by atoms with Crippen LogP contribution >= 0.6 is 11.3 Å². The number of aryl methyl sites for hydroxylation is 1. The van der Waals surface area contributed by atoms with Crippen LogP contribution in [0.4, 0.5) is 5.69 Å². The van der Waals surface area contributed by atoms with Crippen LogP contribution in [0.3, 0.4) is 0 Å². The highest BCUT2D eigenvalue weighted by molar-refractivity contribution is 7.13. The zero-order chi connectivity index (χ0) is 22.8. The molecule has 2 aromatic rings. The fraction of sp³-hybridized carbons (Fsp3) is 0.522. The molecule has 168 valence electrons. The Bertz CT molecular complexity index is 950. The molecule has 3 rings (SSSR count). The highest BCUT2D eigenvalue weighted by Gasteiger charge is 2.40. The molecule has 2 amide bonds. The minimum atomic E-state index is -0.439. The zero-order valence-corrected chi connectivity index (χ0v) is 19.8. The molecular formula is C23H33N5O2S. The summed E-state index contributed by atoms with van der Waals surface area (Å²) in [7, 11) is 1.79. The van der Waals surface area contributed by atoms with Gasteiger partial charge in [-0.15, -0.1) is 11.3 Å². The predicted molar refractivity (Wildman–Crippen MR) is 126 cm³/mol. The van der Waals surface area contributed by atoms with Gasteiger partial charge in [-0.05, 0) is 49.4 Å². The fourth-order valence-electron chi connectivity index (χ4n) is 4.17. The summed E-state index contributed by atoms with van der Waals surface area (Å²) in [5, 5.41) is 6.11. The molecule has 4 N–H and O–H groups in total. The molecule has 2 atom stereocenters. The number of thiazole rings is 1. The number of anilines is 1. The van der Waals surface area contributed by atoms with Crippen molar-refractivity contribution in [2.45, 2.75) is 59.2 Å². The number of aromatic nitrogens is 1. The van der Waals surface area contributed by atoms with Gasteiger partial charge in [0.2, 0.25) is 11.8 Å². The average Bonchev–Trinajstić information content (AvgIpc) is 3.35. The minimum Gasteiger partial charge on any atom is -0.398 e. The lowest BCUT2D eigenvalue weighted by Gasteiger charge is -2.34. The second-order valence-corrected chi connectivity index (χ2v) is 10.0. The van der Waals surface area contributed by atoms with Gasteiger partial charge < -0.3 is 21.3 Å². The van der Waals surface area contributed by atoms with Crippen LogP contribution in [0, 0.1) is 12.3 Å².